The van der Waals surface area contributed by atoms with Crippen LogP contribution >= 0.6 is 0 Å². The van der Waals surface area contributed by atoms with Gasteiger partial charge in [0.2, 0.25) is 0 Å². The predicted octanol–water partition coefficient (Wildman–Crippen LogP) is 5.38. The van der Waals surface area contributed by atoms with E-state index in [4.69, 9.17) is 21.2 Å². The summed E-state index contributed by atoms with van der Waals surface area (Å²) in [4.78, 5) is 24.9. The summed E-state index contributed by atoms with van der Waals surface area (Å²) >= 11 is 0. The number of nitriles is 1. The number of rotatable bonds is 5. The van der Waals surface area contributed by atoms with Crippen LogP contribution in [0.2, 0.25) is 0 Å². The van der Waals surface area contributed by atoms with E-state index in [1.54, 1.807) is 24.3 Å². The Hall–Kier alpha value is -3.05. The Morgan fingerprint density at radius 2 is 1.91 bits per heavy atom. The van der Waals surface area contributed by atoms with Gasteiger partial charge in [0.25, 0.3) is 0 Å². The van der Waals surface area contributed by atoms with Crippen LogP contribution in [0.25, 0.3) is 0 Å². The van der Waals surface area contributed by atoms with Crippen LogP contribution in [-0.4, -0.2) is 24.0 Å². The molecule has 4 aliphatic carbocycles. The van der Waals surface area contributed by atoms with Gasteiger partial charge in [0.05, 0.1) is 11.6 Å². The maximum absolute atomic E-state index is 13.0. The summed E-state index contributed by atoms with van der Waals surface area (Å²) in [5, 5.41) is 8.94. The molecular formula is C30H33NO4. The van der Waals surface area contributed by atoms with E-state index in [2.05, 4.69) is 18.9 Å². The molecule has 5 rings (SSSR count). The molecule has 1 aromatic carbocycles. The fourth-order valence-electron chi connectivity index (χ4n) is 8.11. The first-order valence-electron chi connectivity index (χ1n) is 13.0. The number of fused-ring (bicyclic) bond motifs is 5. The zero-order valence-corrected chi connectivity index (χ0v) is 20.4. The second-order valence-electron chi connectivity index (χ2n) is 10.8. The Labute approximate surface area is 207 Å². The third kappa shape index (κ3) is 3.86. The number of benzene rings is 1. The minimum atomic E-state index is -0.902. The first-order valence-corrected chi connectivity index (χ1v) is 13.0. The van der Waals surface area contributed by atoms with Gasteiger partial charge in [-0.2, -0.15) is 5.26 Å². The van der Waals surface area contributed by atoms with Crippen molar-refractivity contribution in [3.05, 3.63) is 41.5 Å². The lowest BCUT2D eigenvalue weighted by Gasteiger charge is -2.56. The summed E-state index contributed by atoms with van der Waals surface area (Å²) in [7, 11) is 0. The number of ether oxygens (including phenoxy) is 2. The number of hydrogen-bond donors (Lipinski definition) is 0. The van der Waals surface area contributed by atoms with E-state index < -0.39 is 11.6 Å². The summed E-state index contributed by atoms with van der Waals surface area (Å²) in [6, 6.07) is 8.73. The molecule has 0 amide bonds. The van der Waals surface area contributed by atoms with Crippen molar-refractivity contribution in [2.75, 3.05) is 6.61 Å². The summed E-state index contributed by atoms with van der Waals surface area (Å²) in [5.74, 6) is 5.49. The molecule has 3 fully saturated rings. The van der Waals surface area contributed by atoms with Crippen molar-refractivity contribution in [3.63, 3.8) is 0 Å². The monoisotopic (exact) mass is 471 g/mol. The quantitative estimate of drug-likeness (QED) is 0.425. The Morgan fingerprint density at radius 3 is 2.63 bits per heavy atom. The highest BCUT2D eigenvalue weighted by Crippen LogP contribution is 2.67. The van der Waals surface area contributed by atoms with Crippen molar-refractivity contribution in [1.29, 1.82) is 5.26 Å². The van der Waals surface area contributed by atoms with Crippen LogP contribution in [0.1, 0.15) is 70.3 Å². The Morgan fingerprint density at radius 1 is 1.11 bits per heavy atom. The van der Waals surface area contributed by atoms with Crippen LogP contribution in [0.4, 0.5) is 0 Å². The number of esters is 1. The lowest BCUT2D eigenvalue weighted by atomic mass is 9.49. The van der Waals surface area contributed by atoms with Gasteiger partial charge in [0, 0.05) is 11.8 Å². The number of nitrogens with zero attached hydrogens (tertiary/aromatic N) is 1. The molecule has 0 N–H and O–H groups in total. The van der Waals surface area contributed by atoms with Crippen LogP contribution < -0.4 is 4.74 Å². The van der Waals surface area contributed by atoms with Crippen molar-refractivity contribution in [2.24, 2.45) is 29.1 Å². The fourth-order valence-corrected chi connectivity index (χ4v) is 8.11. The molecule has 4 unspecified atom stereocenters. The van der Waals surface area contributed by atoms with Gasteiger partial charge in [-0.25, -0.2) is 4.79 Å². The highest BCUT2D eigenvalue weighted by atomic mass is 16.6. The topological polar surface area (TPSA) is 76.4 Å². The van der Waals surface area contributed by atoms with Gasteiger partial charge in [0.1, 0.15) is 5.75 Å². The van der Waals surface area contributed by atoms with Crippen LogP contribution in [0.15, 0.2) is 35.9 Å². The van der Waals surface area contributed by atoms with Gasteiger partial charge in [-0.05, 0) is 105 Å². The van der Waals surface area contributed by atoms with E-state index in [1.807, 2.05) is 6.08 Å². The van der Waals surface area contributed by atoms with Gasteiger partial charge in [-0.15, -0.1) is 6.42 Å². The summed E-state index contributed by atoms with van der Waals surface area (Å²) in [6.07, 6.45) is 16.5. The molecule has 1 aromatic rings. The number of carbonyl (C=O) groups is 2. The van der Waals surface area contributed by atoms with Gasteiger partial charge >= 0.3 is 5.97 Å². The van der Waals surface area contributed by atoms with Gasteiger partial charge in [-0.3, -0.25) is 4.79 Å². The predicted molar refractivity (Wildman–Crippen MR) is 131 cm³/mol. The maximum Gasteiger partial charge on any atom is 0.345 e. The van der Waals surface area contributed by atoms with Crippen molar-refractivity contribution in [1.82, 2.24) is 0 Å². The molecule has 35 heavy (non-hydrogen) atoms. The number of hydrogen-bond acceptors (Lipinski definition) is 5. The molecule has 0 spiro atoms. The Bertz CT molecular complexity index is 1120. The maximum atomic E-state index is 13.0. The smallest absolute Gasteiger partial charge is 0.345 e. The van der Waals surface area contributed by atoms with E-state index in [1.165, 1.54) is 5.57 Å². The zero-order chi connectivity index (χ0) is 24.6. The molecule has 182 valence electrons. The molecule has 0 saturated heterocycles. The summed E-state index contributed by atoms with van der Waals surface area (Å²) in [5.41, 5.74) is 0.799. The molecule has 4 aliphatic rings. The van der Waals surface area contributed by atoms with E-state index in [0.717, 1.165) is 44.9 Å². The first-order chi connectivity index (χ1) is 16.9. The van der Waals surface area contributed by atoms with Gasteiger partial charge in [0.15, 0.2) is 18.0 Å². The normalized spacial score (nSPS) is 35.4. The molecule has 5 nitrogen and oxygen atoms in total. The average Bonchev–Trinajstić information content (AvgIpc) is 3.22. The standard InChI is InChI=1S/C30H33NO4/c1-3-29-15-13-25-24-12-8-22(32)17-21(24)7-11-26(25)27(29)14-16-30(29,4-2)35-28(33)19-34-23-9-5-20(18-31)6-10-23/h2,5-6,9-10,17,24-27H,3,7-8,11-16,19H2,1H3/t24?,25?,26?,27?,29-,30-/m0/s1. The van der Waals surface area contributed by atoms with Gasteiger partial charge in [-0.1, -0.05) is 18.4 Å². The van der Waals surface area contributed by atoms with Crippen molar-refractivity contribution < 1.29 is 19.1 Å². The molecule has 0 heterocycles. The second-order valence-corrected chi connectivity index (χ2v) is 10.8. The van der Waals surface area contributed by atoms with E-state index >= 15 is 0 Å². The van der Waals surface area contributed by atoms with E-state index in [-0.39, 0.29) is 17.8 Å². The SMILES string of the molecule is C#C[C@]1(OC(=O)COc2ccc(C#N)cc2)CCC2C3CCC4=CC(=O)CCC4C3CC[C@@]21CC. The summed E-state index contributed by atoms with van der Waals surface area (Å²) < 4.78 is 11.8. The first kappa shape index (κ1) is 23.7. The highest BCUT2D eigenvalue weighted by Gasteiger charge is 2.65. The van der Waals surface area contributed by atoms with Crippen molar-refractivity contribution >= 4 is 11.8 Å². The molecule has 0 aromatic heterocycles. The molecule has 0 bridgehead atoms. The van der Waals surface area contributed by atoms with Crippen LogP contribution in [0.5, 0.6) is 5.75 Å². The fraction of sp³-hybridized carbons (Fsp3) is 0.567. The largest absolute Gasteiger partial charge is 0.482 e. The third-order valence-electron chi connectivity index (χ3n) is 9.61. The second kappa shape index (κ2) is 9.19. The Balaban J connectivity index is 1.32. The molecule has 6 atom stereocenters. The third-order valence-corrected chi connectivity index (χ3v) is 9.61. The molecule has 3 saturated carbocycles. The van der Waals surface area contributed by atoms with Crippen LogP contribution in [0.3, 0.4) is 0 Å². The zero-order valence-electron chi connectivity index (χ0n) is 20.4. The van der Waals surface area contributed by atoms with Gasteiger partial charge < -0.3 is 9.47 Å². The number of allylic oxidation sites excluding steroid dienone is 1. The lowest BCUT2D eigenvalue weighted by Crippen LogP contribution is -2.55. The van der Waals surface area contributed by atoms with Crippen LogP contribution in [-0.2, 0) is 14.3 Å². The molecular weight excluding hydrogens is 438 g/mol. The highest BCUT2D eigenvalue weighted by molar-refractivity contribution is 5.91. The Kier molecular flexibility index (Phi) is 6.22. The minimum Gasteiger partial charge on any atom is -0.482 e. The summed E-state index contributed by atoms with van der Waals surface area (Å²) in [6.45, 7) is 1.98. The minimum absolute atomic E-state index is 0.210. The molecule has 0 aliphatic heterocycles. The lowest BCUT2D eigenvalue weighted by molar-refractivity contribution is -0.175. The average molecular weight is 472 g/mol. The molecule has 0 radical (unpaired) electrons. The molecule has 5 heteroatoms. The van der Waals surface area contributed by atoms with E-state index in [9.17, 15) is 9.59 Å². The van der Waals surface area contributed by atoms with Crippen molar-refractivity contribution in [3.8, 4) is 24.2 Å². The number of terminal acetylenes is 1. The number of ketones is 1. The van der Waals surface area contributed by atoms with Crippen molar-refractivity contribution in [2.45, 2.75) is 70.3 Å². The number of carbonyl (C=O) groups excluding carboxylic acids is 2. The van der Waals surface area contributed by atoms with Crippen LogP contribution in [0, 0.1) is 52.8 Å². The van der Waals surface area contributed by atoms with E-state index in [0.29, 0.717) is 47.8 Å².